The van der Waals surface area contributed by atoms with E-state index in [0.717, 1.165) is 12.2 Å². The standard InChI is InChI=1S/C6H13N7/c1-8-6(12-7)9-3-2-5-10-4-11-13-5/h4H,2-3,7H2,1H3,(H2,8,9,12)(H,10,11,13). The number of guanidine groups is 1. The van der Waals surface area contributed by atoms with Gasteiger partial charge in [-0.25, -0.2) is 10.8 Å². The van der Waals surface area contributed by atoms with E-state index < -0.39 is 0 Å². The molecule has 0 atom stereocenters. The highest BCUT2D eigenvalue weighted by atomic mass is 15.3. The zero-order valence-electron chi connectivity index (χ0n) is 7.41. The van der Waals surface area contributed by atoms with Gasteiger partial charge in [0.2, 0.25) is 5.96 Å². The van der Waals surface area contributed by atoms with Crippen LogP contribution in [0.5, 0.6) is 0 Å². The molecule has 0 saturated heterocycles. The zero-order valence-corrected chi connectivity index (χ0v) is 7.41. The minimum Gasteiger partial charge on any atom is -0.355 e. The average Bonchev–Trinajstić information content (AvgIpc) is 2.65. The van der Waals surface area contributed by atoms with E-state index >= 15 is 0 Å². The molecule has 5 N–H and O–H groups in total. The van der Waals surface area contributed by atoms with Crippen molar-refractivity contribution < 1.29 is 0 Å². The van der Waals surface area contributed by atoms with Crippen molar-refractivity contribution in [2.24, 2.45) is 10.8 Å². The van der Waals surface area contributed by atoms with Gasteiger partial charge in [0, 0.05) is 20.0 Å². The second kappa shape index (κ2) is 5.09. The Hall–Kier alpha value is -1.63. The van der Waals surface area contributed by atoms with E-state index in [1.165, 1.54) is 6.33 Å². The Morgan fingerprint density at radius 2 is 2.62 bits per heavy atom. The zero-order chi connectivity index (χ0) is 9.52. The van der Waals surface area contributed by atoms with E-state index in [1.54, 1.807) is 7.05 Å². The quantitative estimate of drug-likeness (QED) is 0.195. The van der Waals surface area contributed by atoms with Crippen LogP contribution in [0.4, 0.5) is 0 Å². The predicted octanol–water partition coefficient (Wildman–Crippen LogP) is -1.61. The summed E-state index contributed by atoms with van der Waals surface area (Å²) in [6, 6.07) is 0. The fourth-order valence-electron chi connectivity index (χ4n) is 0.845. The molecule has 1 heterocycles. The highest BCUT2D eigenvalue weighted by Gasteiger charge is 1.96. The molecular weight excluding hydrogens is 170 g/mol. The van der Waals surface area contributed by atoms with Crippen molar-refractivity contribution in [1.29, 1.82) is 0 Å². The molecule has 0 radical (unpaired) electrons. The molecule has 1 aromatic rings. The van der Waals surface area contributed by atoms with Gasteiger partial charge >= 0.3 is 0 Å². The molecule has 0 fully saturated rings. The normalized spacial score (nSPS) is 11.4. The molecule has 7 nitrogen and oxygen atoms in total. The van der Waals surface area contributed by atoms with Crippen molar-refractivity contribution in [3.8, 4) is 0 Å². The molecule has 0 aliphatic heterocycles. The number of nitrogens with one attached hydrogen (secondary N) is 3. The van der Waals surface area contributed by atoms with Crippen molar-refractivity contribution in [2.75, 3.05) is 13.6 Å². The van der Waals surface area contributed by atoms with Crippen LogP contribution in [0.2, 0.25) is 0 Å². The fourth-order valence-corrected chi connectivity index (χ4v) is 0.845. The third-order valence-electron chi connectivity index (χ3n) is 1.48. The highest BCUT2D eigenvalue weighted by molar-refractivity contribution is 5.78. The number of hydrogen-bond donors (Lipinski definition) is 4. The van der Waals surface area contributed by atoms with E-state index in [2.05, 4.69) is 30.9 Å². The summed E-state index contributed by atoms with van der Waals surface area (Å²) in [5.74, 6) is 6.55. The number of aliphatic imine (C=N–C) groups is 1. The molecule has 0 amide bonds. The van der Waals surface area contributed by atoms with Crippen molar-refractivity contribution >= 4 is 5.96 Å². The lowest BCUT2D eigenvalue weighted by Gasteiger charge is -2.05. The lowest BCUT2D eigenvalue weighted by molar-refractivity contribution is 0.783. The Bertz CT molecular complexity index is 252. The first-order valence-corrected chi connectivity index (χ1v) is 3.88. The summed E-state index contributed by atoms with van der Waals surface area (Å²) in [6.07, 6.45) is 2.23. The molecule has 0 unspecified atom stereocenters. The number of aromatic nitrogens is 3. The third-order valence-corrected chi connectivity index (χ3v) is 1.48. The maximum absolute atomic E-state index is 5.16. The number of H-pyrrole nitrogens is 1. The number of hydrazine groups is 1. The van der Waals surface area contributed by atoms with Crippen LogP contribution in [0.15, 0.2) is 11.3 Å². The van der Waals surface area contributed by atoms with Crippen LogP contribution < -0.4 is 16.6 Å². The lowest BCUT2D eigenvalue weighted by Crippen LogP contribution is -2.42. The molecule has 13 heavy (non-hydrogen) atoms. The summed E-state index contributed by atoms with van der Waals surface area (Å²) in [6.45, 7) is 0.700. The Balaban J connectivity index is 2.21. The van der Waals surface area contributed by atoms with Crippen molar-refractivity contribution in [2.45, 2.75) is 6.42 Å². The summed E-state index contributed by atoms with van der Waals surface area (Å²) >= 11 is 0. The Morgan fingerprint density at radius 1 is 1.77 bits per heavy atom. The molecule has 0 spiro atoms. The van der Waals surface area contributed by atoms with Gasteiger partial charge in [0.25, 0.3) is 0 Å². The molecule has 0 aromatic carbocycles. The number of rotatable bonds is 3. The highest BCUT2D eigenvalue weighted by Crippen LogP contribution is 1.84. The fraction of sp³-hybridized carbons (Fsp3) is 0.500. The van der Waals surface area contributed by atoms with E-state index in [4.69, 9.17) is 5.84 Å². The summed E-state index contributed by atoms with van der Waals surface area (Å²) < 4.78 is 0. The van der Waals surface area contributed by atoms with Gasteiger partial charge < -0.3 is 5.32 Å². The van der Waals surface area contributed by atoms with Crippen LogP contribution in [0.3, 0.4) is 0 Å². The summed E-state index contributed by atoms with van der Waals surface area (Å²) in [7, 11) is 1.65. The van der Waals surface area contributed by atoms with Gasteiger partial charge in [-0.1, -0.05) is 0 Å². The maximum Gasteiger partial charge on any atom is 0.205 e. The van der Waals surface area contributed by atoms with Crippen LogP contribution in [-0.2, 0) is 6.42 Å². The molecule has 0 aliphatic carbocycles. The van der Waals surface area contributed by atoms with Gasteiger partial charge in [-0.3, -0.25) is 15.5 Å². The molecular formula is C6H13N7. The monoisotopic (exact) mass is 183 g/mol. The van der Waals surface area contributed by atoms with Crippen LogP contribution >= 0.6 is 0 Å². The SMILES string of the molecule is CN=C(NN)NCCc1ncn[nH]1. The number of hydrogen-bond acceptors (Lipinski definition) is 4. The van der Waals surface area contributed by atoms with Crippen molar-refractivity contribution in [3.63, 3.8) is 0 Å². The lowest BCUT2D eigenvalue weighted by atomic mass is 10.4. The van der Waals surface area contributed by atoms with Crippen LogP contribution in [0.1, 0.15) is 5.82 Å². The van der Waals surface area contributed by atoms with Crippen molar-refractivity contribution in [1.82, 2.24) is 25.9 Å². The van der Waals surface area contributed by atoms with Crippen molar-refractivity contribution in [3.05, 3.63) is 12.2 Å². The van der Waals surface area contributed by atoms with Gasteiger partial charge in [-0.15, -0.1) is 0 Å². The van der Waals surface area contributed by atoms with E-state index in [1.807, 2.05) is 0 Å². The number of aromatic amines is 1. The summed E-state index contributed by atoms with van der Waals surface area (Å²) in [5, 5.41) is 9.46. The van der Waals surface area contributed by atoms with Gasteiger partial charge in [0.15, 0.2) is 0 Å². The molecule has 0 aliphatic rings. The average molecular weight is 183 g/mol. The second-order valence-corrected chi connectivity index (χ2v) is 2.33. The first-order chi connectivity index (χ1) is 6.36. The predicted molar refractivity (Wildman–Crippen MR) is 48.8 cm³/mol. The topological polar surface area (TPSA) is 104 Å². The molecule has 0 saturated carbocycles. The van der Waals surface area contributed by atoms with E-state index in [0.29, 0.717) is 12.5 Å². The second-order valence-electron chi connectivity index (χ2n) is 2.33. The summed E-state index contributed by atoms with van der Waals surface area (Å²) in [4.78, 5) is 7.82. The minimum absolute atomic E-state index is 0.555. The Kier molecular flexibility index (Phi) is 3.71. The maximum atomic E-state index is 5.16. The number of nitrogens with zero attached hydrogens (tertiary/aromatic N) is 3. The first kappa shape index (κ1) is 9.46. The number of nitrogens with two attached hydrogens (primary N) is 1. The first-order valence-electron chi connectivity index (χ1n) is 3.88. The molecule has 0 bridgehead atoms. The molecule has 1 aromatic heterocycles. The van der Waals surface area contributed by atoms with Gasteiger partial charge in [-0.05, 0) is 0 Å². The van der Waals surface area contributed by atoms with E-state index in [9.17, 15) is 0 Å². The van der Waals surface area contributed by atoms with Crippen LogP contribution in [0, 0.1) is 0 Å². The smallest absolute Gasteiger partial charge is 0.205 e. The Labute approximate surface area is 75.8 Å². The molecule has 1 rings (SSSR count). The molecule has 7 heteroatoms. The Morgan fingerprint density at radius 3 is 3.15 bits per heavy atom. The van der Waals surface area contributed by atoms with Crippen LogP contribution in [-0.4, -0.2) is 34.7 Å². The molecule has 72 valence electrons. The van der Waals surface area contributed by atoms with Gasteiger partial charge in [-0.2, -0.15) is 5.10 Å². The van der Waals surface area contributed by atoms with Crippen LogP contribution in [0.25, 0.3) is 0 Å². The van der Waals surface area contributed by atoms with E-state index in [-0.39, 0.29) is 0 Å². The van der Waals surface area contributed by atoms with Gasteiger partial charge in [0.05, 0.1) is 0 Å². The minimum atomic E-state index is 0.555. The largest absolute Gasteiger partial charge is 0.355 e. The van der Waals surface area contributed by atoms with Gasteiger partial charge in [0.1, 0.15) is 12.2 Å². The summed E-state index contributed by atoms with van der Waals surface area (Å²) in [5.41, 5.74) is 2.42. The third kappa shape index (κ3) is 3.08.